The molecule has 1 atom stereocenters. The second-order valence-corrected chi connectivity index (χ2v) is 3.84. The van der Waals surface area contributed by atoms with Crippen molar-refractivity contribution in [1.29, 1.82) is 0 Å². The summed E-state index contributed by atoms with van der Waals surface area (Å²) in [4.78, 5) is 0. The van der Waals surface area contributed by atoms with Crippen molar-refractivity contribution < 1.29 is 4.74 Å². The van der Waals surface area contributed by atoms with E-state index in [0.29, 0.717) is 12.5 Å². The van der Waals surface area contributed by atoms with Crippen LogP contribution in [0.2, 0.25) is 0 Å². The third-order valence-corrected chi connectivity index (χ3v) is 2.50. The van der Waals surface area contributed by atoms with E-state index < -0.39 is 0 Å². The normalized spacial score (nSPS) is 20.2. The summed E-state index contributed by atoms with van der Waals surface area (Å²) in [5.74, 6) is 1.52. The molecule has 1 unspecified atom stereocenters. The number of hydrogen-bond donors (Lipinski definition) is 1. The second kappa shape index (κ2) is 3.04. The Hall–Kier alpha value is -1.02. The Bertz CT molecular complexity index is 320. The number of fused-ring (bicyclic) bond motifs is 1. The minimum Gasteiger partial charge on any atom is -0.491 e. The van der Waals surface area contributed by atoms with Crippen LogP contribution in [0.15, 0.2) is 18.2 Å². The quantitative estimate of drug-likeness (QED) is 0.713. The number of para-hydroxylation sites is 1. The summed E-state index contributed by atoms with van der Waals surface area (Å²) in [7, 11) is 0. The summed E-state index contributed by atoms with van der Waals surface area (Å²) in [6, 6.07) is 6.29. The maximum atomic E-state index is 5.89. The van der Waals surface area contributed by atoms with Crippen LogP contribution in [0, 0.1) is 0 Å². The van der Waals surface area contributed by atoms with Crippen molar-refractivity contribution in [3.63, 3.8) is 0 Å². The summed E-state index contributed by atoms with van der Waals surface area (Å²) in [5, 5.41) is 0. The molecule has 70 valence electrons. The number of ether oxygens (including phenoxy) is 1. The van der Waals surface area contributed by atoms with Gasteiger partial charge < -0.3 is 10.5 Å². The maximum Gasteiger partial charge on any atom is 0.127 e. The van der Waals surface area contributed by atoms with E-state index in [9.17, 15) is 0 Å². The molecule has 0 spiro atoms. The molecule has 0 saturated heterocycles. The van der Waals surface area contributed by atoms with E-state index in [4.69, 9.17) is 10.5 Å². The molecule has 0 amide bonds. The zero-order valence-electron chi connectivity index (χ0n) is 8.08. The first-order chi connectivity index (χ1) is 6.20. The van der Waals surface area contributed by atoms with Gasteiger partial charge in [-0.05, 0) is 11.5 Å². The number of rotatable bonds is 1. The highest BCUT2D eigenvalue weighted by Crippen LogP contribution is 2.37. The molecule has 0 bridgehead atoms. The van der Waals surface area contributed by atoms with Crippen LogP contribution in [0.25, 0.3) is 0 Å². The minimum absolute atomic E-state index is 0.0636. The van der Waals surface area contributed by atoms with E-state index in [1.165, 1.54) is 5.56 Å². The molecule has 0 saturated carbocycles. The van der Waals surface area contributed by atoms with Crippen molar-refractivity contribution >= 4 is 0 Å². The standard InChI is InChI=1S/C11H15NO/c1-7(2)8-4-3-5-9-10(12)6-13-11(8)9/h3-5,7,10H,6,12H2,1-2H3. The molecule has 2 nitrogen and oxygen atoms in total. The van der Waals surface area contributed by atoms with Gasteiger partial charge in [-0.1, -0.05) is 32.0 Å². The Morgan fingerprint density at radius 2 is 2.23 bits per heavy atom. The van der Waals surface area contributed by atoms with Crippen LogP contribution in [0.1, 0.15) is 36.9 Å². The predicted octanol–water partition coefficient (Wildman–Crippen LogP) is 2.20. The van der Waals surface area contributed by atoms with Gasteiger partial charge in [0.05, 0.1) is 6.04 Å². The van der Waals surface area contributed by atoms with Crippen molar-refractivity contribution in [2.45, 2.75) is 25.8 Å². The SMILES string of the molecule is CC(C)c1cccc2c1OCC2N. The van der Waals surface area contributed by atoms with Crippen LogP contribution >= 0.6 is 0 Å². The Morgan fingerprint density at radius 3 is 2.92 bits per heavy atom. The minimum atomic E-state index is 0.0636. The van der Waals surface area contributed by atoms with Gasteiger partial charge >= 0.3 is 0 Å². The van der Waals surface area contributed by atoms with Gasteiger partial charge in [0.15, 0.2) is 0 Å². The molecule has 0 aliphatic carbocycles. The molecular weight excluding hydrogens is 162 g/mol. The first-order valence-corrected chi connectivity index (χ1v) is 4.71. The summed E-state index contributed by atoms with van der Waals surface area (Å²) in [5.41, 5.74) is 8.32. The van der Waals surface area contributed by atoms with Gasteiger partial charge in [-0.2, -0.15) is 0 Å². The molecule has 13 heavy (non-hydrogen) atoms. The van der Waals surface area contributed by atoms with Gasteiger partial charge in [-0.3, -0.25) is 0 Å². The summed E-state index contributed by atoms with van der Waals surface area (Å²) >= 11 is 0. The number of nitrogens with two attached hydrogens (primary N) is 1. The highest BCUT2D eigenvalue weighted by molar-refractivity contribution is 5.47. The zero-order chi connectivity index (χ0) is 9.42. The largest absolute Gasteiger partial charge is 0.491 e. The Kier molecular flexibility index (Phi) is 2.00. The van der Waals surface area contributed by atoms with Gasteiger partial charge in [0, 0.05) is 5.56 Å². The molecule has 2 rings (SSSR count). The lowest BCUT2D eigenvalue weighted by Crippen LogP contribution is -2.10. The van der Waals surface area contributed by atoms with Gasteiger partial charge in [0.25, 0.3) is 0 Å². The van der Waals surface area contributed by atoms with E-state index in [-0.39, 0.29) is 6.04 Å². The van der Waals surface area contributed by atoms with E-state index in [1.807, 2.05) is 0 Å². The fourth-order valence-corrected chi connectivity index (χ4v) is 1.75. The molecule has 1 aromatic carbocycles. The van der Waals surface area contributed by atoms with Crippen LogP contribution in [0.5, 0.6) is 5.75 Å². The van der Waals surface area contributed by atoms with Crippen LogP contribution in [-0.2, 0) is 0 Å². The highest BCUT2D eigenvalue weighted by Gasteiger charge is 2.23. The van der Waals surface area contributed by atoms with E-state index >= 15 is 0 Å². The molecule has 0 radical (unpaired) electrons. The lowest BCUT2D eigenvalue weighted by atomic mass is 9.98. The fourth-order valence-electron chi connectivity index (χ4n) is 1.75. The van der Waals surface area contributed by atoms with Crippen LogP contribution in [-0.4, -0.2) is 6.61 Å². The first-order valence-electron chi connectivity index (χ1n) is 4.71. The van der Waals surface area contributed by atoms with E-state index in [2.05, 4.69) is 32.0 Å². The van der Waals surface area contributed by atoms with E-state index in [0.717, 1.165) is 11.3 Å². The van der Waals surface area contributed by atoms with Crippen molar-refractivity contribution in [2.24, 2.45) is 5.73 Å². The van der Waals surface area contributed by atoms with Gasteiger partial charge in [-0.25, -0.2) is 0 Å². The Morgan fingerprint density at radius 1 is 1.46 bits per heavy atom. The molecule has 1 aromatic rings. The van der Waals surface area contributed by atoms with Crippen LogP contribution in [0.4, 0.5) is 0 Å². The molecule has 1 aliphatic heterocycles. The van der Waals surface area contributed by atoms with Crippen molar-refractivity contribution in [2.75, 3.05) is 6.61 Å². The van der Waals surface area contributed by atoms with Crippen LogP contribution < -0.4 is 10.5 Å². The molecule has 1 aliphatic rings. The van der Waals surface area contributed by atoms with E-state index in [1.54, 1.807) is 0 Å². The summed E-state index contributed by atoms with van der Waals surface area (Å²) in [6.45, 7) is 4.96. The predicted molar refractivity (Wildman–Crippen MR) is 53.0 cm³/mol. The lowest BCUT2D eigenvalue weighted by molar-refractivity contribution is 0.329. The molecule has 0 aromatic heterocycles. The second-order valence-electron chi connectivity index (χ2n) is 3.84. The van der Waals surface area contributed by atoms with Gasteiger partial charge in [0.2, 0.25) is 0 Å². The number of benzene rings is 1. The maximum absolute atomic E-state index is 5.89. The van der Waals surface area contributed by atoms with Crippen molar-refractivity contribution in [3.05, 3.63) is 29.3 Å². The fraction of sp³-hybridized carbons (Fsp3) is 0.455. The van der Waals surface area contributed by atoms with Crippen molar-refractivity contribution in [3.8, 4) is 5.75 Å². The Labute approximate surface area is 78.7 Å². The van der Waals surface area contributed by atoms with Crippen molar-refractivity contribution in [1.82, 2.24) is 0 Å². The topological polar surface area (TPSA) is 35.2 Å². The molecular formula is C11H15NO. The summed E-state index contributed by atoms with van der Waals surface area (Å²) < 4.78 is 5.58. The zero-order valence-corrected chi connectivity index (χ0v) is 8.08. The molecule has 1 heterocycles. The lowest BCUT2D eigenvalue weighted by Gasteiger charge is -2.10. The summed E-state index contributed by atoms with van der Waals surface area (Å²) in [6.07, 6.45) is 0. The monoisotopic (exact) mass is 177 g/mol. The smallest absolute Gasteiger partial charge is 0.127 e. The average Bonchev–Trinajstić information content (AvgIpc) is 2.48. The third kappa shape index (κ3) is 1.31. The molecule has 2 heteroatoms. The van der Waals surface area contributed by atoms with Gasteiger partial charge in [0.1, 0.15) is 12.4 Å². The van der Waals surface area contributed by atoms with Gasteiger partial charge in [-0.15, -0.1) is 0 Å². The highest BCUT2D eigenvalue weighted by atomic mass is 16.5. The average molecular weight is 177 g/mol. The number of hydrogen-bond acceptors (Lipinski definition) is 2. The first kappa shape index (κ1) is 8.57. The van der Waals surface area contributed by atoms with Crippen LogP contribution in [0.3, 0.4) is 0 Å². The Balaban J connectivity index is 2.51. The third-order valence-electron chi connectivity index (χ3n) is 2.50. The molecule has 2 N–H and O–H groups in total. The molecule has 0 fully saturated rings.